The predicted octanol–water partition coefficient (Wildman–Crippen LogP) is 3.46. The van der Waals surface area contributed by atoms with Crippen LogP contribution in [0.15, 0.2) is 24.3 Å². The summed E-state index contributed by atoms with van der Waals surface area (Å²) in [5.41, 5.74) is 0.397. The van der Waals surface area contributed by atoms with Crippen molar-refractivity contribution in [3.05, 3.63) is 29.8 Å². The third-order valence-corrected chi connectivity index (χ3v) is 6.20. The zero-order valence-electron chi connectivity index (χ0n) is 14.3. The van der Waals surface area contributed by atoms with Crippen molar-refractivity contribution in [3.63, 3.8) is 0 Å². The third-order valence-electron chi connectivity index (χ3n) is 6.20. The summed E-state index contributed by atoms with van der Waals surface area (Å²) in [5.74, 6) is 1.83. The van der Waals surface area contributed by atoms with Gasteiger partial charge in [0, 0.05) is 0 Å². The number of hydrogen-bond donors (Lipinski definition) is 1. The molecule has 1 aromatic rings. The molecule has 4 heteroatoms. The van der Waals surface area contributed by atoms with E-state index in [4.69, 9.17) is 9.47 Å². The Kier molecular flexibility index (Phi) is 3.83. The SMILES string of the molecule is COc1cccc(COC(=O)CC23C[C@H]4C[C@@H](CC(O)(C4)C2)C3)c1. The molecule has 5 rings (SSSR count). The van der Waals surface area contributed by atoms with Crippen LogP contribution >= 0.6 is 0 Å². The monoisotopic (exact) mass is 330 g/mol. The van der Waals surface area contributed by atoms with E-state index < -0.39 is 5.60 Å². The molecular formula is C20H26O4. The van der Waals surface area contributed by atoms with Gasteiger partial charge in [0.15, 0.2) is 0 Å². The Morgan fingerprint density at radius 3 is 2.67 bits per heavy atom. The van der Waals surface area contributed by atoms with E-state index in [1.165, 1.54) is 6.42 Å². The lowest BCUT2D eigenvalue weighted by molar-refractivity contribution is -0.177. The fourth-order valence-corrected chi connectivity index (χ4v) is 5.89. The molecule has 4 nitrogen and oxygen atoms in total. The minimum absolute atomic E-state index is 0.0235. The van der Waals surface area contributed by atoms with Crippen molar-refractivity contribution in [1.82, 2.24) is 0 Å². The molecule has 4 bridgehead atoms. The molecule has 0 radical (unpaired) electrons. The zero-order chi connectivity index (χ0) is 16.8. The molecule has 24 heavy (non-hydrogen) atoms. The van der Waals surface area contributed by atoms with Crippen molar-refractivity contribution < 1.29 is 19.4 Å². The number of methoxy groups -OCH3 is 1. The molecular weight excluding hydrogens is 304 g/mol. The Morgan fingerprint density at radius 2 is 2.00 bits per heavy atom. The maximum absolute atomic E-state index is 12.4. The van der Waals surface area contributed by atoms with E-state index in [0.717, 1.165) is 43.4 Å². The number of carbonyl (C=O) groups is 1. The number of aliphatic hydroxyl groups is 1. The Morgan fingerprint density at radius 1 is 1.25 bits per heavy atom. The minimum Gasteiger partial charge on any atom is -0.497 e. The largest absolute Gasteiger partial charge is 0.497 e. The van der Waals surface area contributed by atoms with Gasteiger partial charge in [-0.15, -0.1) is 0 Å². The molecule has 130 valence electrons. The average molecular weight is 330 g/mol. The van der Waals surface area contributed by atoms with Crippen molar-refractivity contribution >= 4 is 5.97 Å². The summed E-state index contributed by atoms with van der Waals surface area (Å²) in [7, 11) is 1.63. The number of rotatable bonds is 5. The molecule has 1 aromatic carbocycles. The summed E-state index contributed by atoms with van der Waals surface area (Å²) in [5, 5.41) is 10.8. The van der Waals surface area contributed by atoms with E-state index >= 15 is 0 Å². The van der Waals surface area contributed by atoms with E-state index in [-0.39, 0.29) is 18.0 Å². The minimum atomic E-state index is -0.517. The Hall–Kier alpha value is -1.55. The first kappa shape index (κ1) is 15.9. The van der Waals surface area contributed by atoms with Crippen molar-refractivity contribution in [1.29, 1.82) is 0 Å². The first-order valence-electron chi connectivity index (χ1n) is 8.99. The summed E-state index contributed by atoms with van der Waals surface area (Å²) >= 11 is 0. The van der Waals surface area contributed by atoms with Crippen LogP contribution in [-0.2, 0) is 16.1 Å². The van der Waals surface area contributed by atoms with Crippen molar-refractivity contribution in [3.8, 4) is 5.75 Å². The lowest BCUT2D eigenvalue weighted by Gasteiger charge is -2.60. The van der Waals surface area contributed by atoms with Crippen LogP contribution in [-0.4, -0.2) is 23.8 Å². The van der Waals surface area contributed by atoms with Crippen molar-refractivity contribution in [2.75, 3.05) is 7.11 Å². The molecule has 0 amide bonds. The molecule has 0 unspecified atom stereocenters. The second-order valence-electron chi connectivity index (χ2n) is 8.37. The van der Waals surface area contributed by atoms with Gasteiger partial charge in [0.05, 0.1) is 19.1 Å². The van der Waals surface area contributed by atoms with Gasteiger partial charge < -0.3 is 14.6 Å². The van der Waals surface area contributed by atoms with Crippen LogP contribution in [0, 0.1) is 17.3 Å². The first-order chi connectivity index (χ1) is 11.5. The summed E-state index contributed by atoms with van der Waals surface area (Å²) in [4.78, 5) is 12.4. The predicted molar refractivity (Wildman–Crippen MR) is 89.5 cm³/mol. The lowest BCUT2D eigenvalue weighted by Crippen LogP contribution is -2.56. The molecule has 0 aromatic heterocycles. The first-order valence-corrected chi connectivity index (χ1v) is 8.99. The van der Waals surface area contributed by atoms with E-state index in [1.807, 2.05) is 24.3 Å². The highest BCUT2D eigenvalue weighted by atomic mass is 16.5. The van der Waals surface area contributed by atoms with Gasteiger partial charge in [0.2, 0.25) is 0 Å². The van der Waals surface area contributed by atoms with Crippen LogP contribution in [0.2, 0.25) is 0 Å². The number of carbonyl (C=O) groups excluding carboxylic acids is 1. The van der Waals surface area contributed by atoms with Gasteiger partial charge in [-0.3, -0.25) is 4.79 Å². The standard InChI is InChI=1S/C20H26O4/c1-23-17-4-2-3-14(6-17)12-24-18(21)11-19-7-15-5-16(8-19)10-20(22,9-15)13-19/h2-4,6,15-16,22H,5,7-13H2,1H3/t15-,16-,19?,20?/m1/s1. The summed E-state index contributed by atoms with van der Waals surface area (Å²) in [6.45, 7) is 0.281. The highest BCUT2D eigenvalue weighted by molar-refractivity contribution is 5.70. The van der Waals surface area contributed by atoms with Crippen LogP contribution in [0.4, 0.5) is 0 Å². The molecule has 0 spiro atoms. The molecule has 0 heterocycles. The Labute approximate surface area is 143 Å². The molecule has 4 aliphatic rings. The van der Waals surface area contributed by atoms with Gasteiger partial charge in [-0.05, 0) is 73.5 Å². The fourth-order valence-electron chi connectivity index (χ4n) is 5.89. The molecule has 1 N–H and O–H groups in total. The van der Waals surface area contributed by atoms with Gasteiger partial charge in [0.25, 0.3) is 0 Å². The fraction of sp³-hybridized carbons (Fsp3) is 0.650. The molecule has 2 atom stereocenters. The van der Waals surface area contributed by atoms with Gasteiger partial charge >= 0.3 is 5.97 Å². The maximum Gasteiger partial charge on any atom is 0.306 e. The highest BCUT2D eigenvalue weighted by Gasteiger charge is 2.57. The van der Waals surface area contributed by atoms with E-state index in [9.17, 15) is 9.90 Å². The van der Waals surface area contributed by atoms with Crippen molar-refractivity contribution in [2.24, 2.45) is 17.3 Å². The summed E-state index contributed by atoms with van der Waals surface area (Å²) in [6, 6.07) is 7.60. The summed E-state index contributed by atoms with van der Waals surface area (Å²) < 4.78 is 10.7. The molecule has 4 saturated carbocycles. The van der Waals surface area contributed by atoms with Gasteiger partial charge in [-0.25, -0.2) is 0 Å². The van der Waals surface area contributed by atoms with Crippen molar-refractivity contribution in [2.45, 2.75) is 57.2 Å². The van der Waals surface area contributed by atoms with E-state index in [1.54, 1.807) is 7.11 Å². The average Bonchev–Trinajstić information content (AvgIpc) is 2.50. The normalized spacial score (nSPS) is 36.6. The van der Waals surface area contributed by atoms with Gasteiger partial charge in [-0.1, -0.05) is 12.1 Å². The second kappa shape index (κ2) is 5.76. The number of hydrogen-bond acceptors (Lipinski definition) is 4. The van der Waals surface area contributed by atoms with E-state index in [2.05, 4.69) is 0 Å². The van der Waals surface area contributed by atoms with Crippen LogP contribution in [0.25, 0.3) is 0 Å². The Balaban J connectivity index is 1.38. The molecule has 4 aliphatic carbocycles. The van der Waals surface area contributed by atoms with Crippen LogP contribution < -0.4 is 4.74 Å². The van der Waals surface area contributed by atoms with Crippen LogP contribution in [0.5, 0.6) is 5.75 Å². The molecule has 0 saturated heterocycles. The lowest BCUT2D eigenvalue weighted by atomic mass is 9.47. The van der Waals surface area contributed by atoms with E-state index in [0.29, 0.717) is 18.3 Å². The van der Waals surface area contributed by atoms with Crippen LogP contribution in [0.1, 0.15) is 50.5 Å². The zero-order valence-corrected chi connectivity index (χ0v) is 14.3. The van der Waals surface area contributed by atoms with Gasteiger partial charge in [0.1, 0.15) is 12.4 Å². The van der Waals surface area contributed by atoms with Crippen LogP contribution in [0.3, 0.4) is 0 Å². The smallest absolute Gasteiger partial charge is 0.306 e. The van der Waals surface area contributed by atoms with Gasteiger partial charge in [-0.2, -0.15) is 0 Å². The number of esters is 1. The Bertz CT molecular complexity index is 624. The quantitative estimate of drug-likeness (QED) is 0.840. The topological polar surface area (TPSA) is 55.8 Å². The molecule has 0 aliphatic heterocycles. The second-order valence-corrected chi connectivity index (χ2v) is 8.37. The summed E-state index contributed by atoms with van der Waals surface area (Å²) in [6.07, 6.45) is 6.50. The molecule has 4 fully saturated rings. The maximum atomic E-state index is 12.4. The number of ether oxygens (including phenoxy) is 2. The number of benzene rings is 1. The highest BCUT2D eigenvalue weighted by Crippen LogP contribution is 2.62. The third kappa shape index (κ3) is 3.04.